The lowest BCUT2D eigenvalue weighted by atomic mass is 10.1. The van der Waals surface area contributed by atoms with Gasteiger partial charge in [-0.25, -0.2) is 0 Å². The number of thiophene rings is 1. The Kier molecular flexibility index (Phi) is 5.22. The molecule has 138 valence electrons. The number of likely N-dealkylation sites (tertiary alicyclic amines) is 1. The van der Waals surface area contributed by atoms with Crippen molar-refractivity contribution in [1.29, 1.82) is 0 Å². The van der Waals surface area contributed by atoms with Gasteiger partial charge in [-0.1, -0.05) is 24.1 Å². The Morgan fingerprint density at radius 1 is 1.31 bits per heavy atom. The fourth-order valence-electron chi connectivity index (χ4n) is 3.85. The fourth-order valence-corrected chi connectivity index (χ4v) is 4.52. The summed E-state index contributed by atoms with van der Waals surface area (Å²) in [7, 11) is 0. The monoisotopic (exact) mass is 370 g/mol. The zero-order valence-corrected chi connectivity index (χ0v) is 16.3. The summed E-state index contributed by atoms with van der Waals surface area (Å²) < 4.78 is 7.74. The van der Waals surface area contributed by atoms with E-state index >= 15 is 0 Å². The molecular formula is C20H26N4OS. The number of hydrogen-bond donors (Lipinski definition) is 0. The summed E-state index contributed by atoms with van der Waals surface area (Å²) in [5.74, 6) is 0.884. The van der Waals surface area contributed by atoms with Crippen LogP contribution in [0.2, 0.25) is 0 Å². The molecule has 0 radical (unpaired) electrons. The summed E-state index contributed by atoms with van der Waals surface area (Å²) in [4.78, 5) is 3.71. The van der Waals surface area contributed by atoms with Crippen molar-refractivity contribution >= 4 is 11.3 Å². The van der Waals surface area contributed by atoms with Crippen LogP contribution in [0.1, 0.15) is 55.6 Å². The smallest absolute Gasteiger partial charge is 0.177 e. The molecule has 1 aliphatic heterocycles. The van der Waals surface area contributed by atoms with Crippen LogP contribution in [-0.2, 0) is 13.1 Å². The lowest BCUT2D eigenvalue weighted by molar-refractivity contribution is 0.183. The molecule has 0 unspecified atom stereocenters. The Hall–Kier alpha value is -1.92. The second kappa shape index (κ2) is 7.76. The van der Waals surface area contributed by atoms with Crippen LogP contribution in [0.4, 0.5) is 0 Å². The fraction of sp³-hybridized carbons (Fsp3) is 0.500. The predicted octanol–water partition coefficient (Wildman–Crippen LogP) is 5.05. The van der Waals surface area contributed by atoms with Crippen LogP contribution < -0.4 is 0 Å². The first-order chi connectivity index (χ1) is 12.8. The van der Waals surface area contributed by atoms with Gasteiger partial charge in [0.25, 0.3) is 0 Å². The van der Waals surface area contributed by atoms with Gasteiger partial charge in [-0.15, -0.1) is 11.3 Å². The van der Waals surface area contributed by atoms with Gasteiger partial charge in [0.05, 0.1) is 17.1 Å². The van der Waals surface area contributed by atoms with Crippen LogP contribution in [0.25, 0.3) is 10.6 Å². The Balaban J connectivity index is 1.58. The van der Waals surface area contributed by atoms with E-state index < -0.39 is 0 Å². The maximum absolute atomic E-state index is 5.66. The first kappa shape index (κ1) is 17.5. The van der Waals surface area contributed by atoms with Gasteiger partial charge in [0.15, 0.2) is 5.76 Å². The largest absolute Gasteiger partial charge is 0.355 e. The summed E-state index contributed by atoms with van der Waals surface area (Å²) in [6.45, 7) is 7.26. The van der Waals surface area contributed by atoms with E-state index in [2.05, 4.69) is 51.2 Å². The first-order valence-electron chi connectivity index (χ1n) is 9.52. The highest BCUT2D eigenvalue weighted by Crippen LogP contribution is 2.34. The van der Waals surface area contributed by atoms with Gasteiger partial charge in [-0.2, -0.15) is 5.10 Å². The SMILES string of the molecule is CCn1ncc(CN2CCCCC[C@H]2c2cc(-c3cccs3)on2)c1C. The van der Waals surface area contributed by atoms with Gasteiger partial charge in [0.1, 0.15) is 5.69 Å². The predicted molar refractivity (Wildman–Crippen MR) is 104 cm³/mol. The molecule has 0 saturated carbocycles. The van der Waals surface area contributed by atoms with Crippen molar-refractivity contribution in [3.8, 4) is 10.6 Å². The minimum atomic E-state index is 0.319. The van der Waals surface area contributed by atoms with E-state index in [0.29, 0.717) is 6.04 Å². The summed E-state index contributed by atoms with van der Waals surface area (Å²) >= 11 is 1.69. The molecule has 3 aromatic heterocycles. The third-order valence-electron chi connectivity index (χ3n) is 5.38. The topological polar surface area (TPSA) is 47.1 Å². The Labute approximate surface area is 158 Å². The highest BCUT2D eigenvalue weighted by molar-refractivity contribution is 7.13. The summed E-state index contributed by atoms with van der Waals surface area (Å²) in [6, 6.07) is 6.59. The van der Waals surface area contributed by atoms with E-state index in [1.807, 2.05) is 12.3 Å². The summed E-state index contributed by atoms with van der Waals surface area (Å²) in [5, 5.41) is 11.0. The van der Waals surface area contributed by atoms with Crippen LogP contribution in [-0.4, -0.2) is 26.4 Å². The van der Waals surface area contributed by atoms with Crippen molar-refractivity contribution < 1.29 is 4.52 Å². The third-order valence-corrected chi connectivity index (χ3v) is 6.26. The van der Waals surface area contributed by atoms with Gasteiger partial charge >= 0.3 is 0 Å². The standard InChI is InChI=1S/C20H26N4OS/c1-3-24-15(2)16(13-21-24)14-23-10-6-4-5-8-18(23)17-12-19(25-22-17)20-9-7-11-26-20/h7,9,11-13,18H,3-6,8,10,14H2,1-2H3/t18-/m0/s1. The Bertz CT molecular complexity index is 836. The molecule has 1 aliphatic rings. The number of rotatable bonds is 5. The van der Waals surface area contributed by atoms with Crippen LogP contribution >= 0.6 is 11.3 Å². The molecule has 0 amide bonds. The average Bonchev–Trinajstić information content (AvgIpc) is 3.36. The van der Waals surface area contributed by atoms with Crippen LogP contribution in [0.15, 0.2) is 34.3 Å². The van der Waals surface area contributed by atoms with Crippen molar-refractivity contribution in [2.24, 2.45) is 0 Å². The van der Waals surface area contributed by atoms with E-state index in [1.54, 1.807) is 11.3 Å². The second-order valence-corrected chi connectivity index (χ2v) is 7.95. The molecule has 4 rings (SSSR count). The van der Waals surface area contributed by atoms with Gasteiger partial charge in [0.2, 0.25) is 0 Å². The quantitative estimate of drug-likeness (QED) is 0.631. The van der Waals surface area contributed by atoms with E-state index in [1.165, 1.54) is 30.5 Å². The second-order valence-electron chi connectivity index (χ2n) is 7.00. The Morgan fingerprint density at radius 2 is 2.23 bits per heavy atom. The van der Waals surface area contributed by atoms with Crippen molar-refractivity contribution in [2.45, 2.75) is 58.7 Å². The highest BCUT2D eigenvalue weighted by Gasteiger charge is 2.27. The highest BCUT2D eigenvalue weighted by atomic mass is 32.1. The molecule has 6 heteroatoms. The Morgan fingerprint density at radius 3 is 3.00 bits per heavy atom. The maximum Gasteiger partial charge on any atom is 0.177 e. The molecule has 1 fully saturated rings. The van der Waals surface area contributed by atoms with Gasteiger partial charge in [-0.3, -0.25) is 9.58 Å². The molecule has 3 aromatic rings. The maximum atomic E-state index is 5.66. The van der Waals surface area contributed by atoms with Gasteiger partial charge < -0.3 is 4.52 Å². The zero-order chi connectivity index (χ0) is 17.9. The van der Waals surface area contributed by atoms with Gasteiger partial charge in [0, 0.05) is 30.4 Å². The number of aryl methyl sites for hydroxylation is 1. The molecule has 4 heterocycles. The van der Waals surface area contributed by atoms with Gasteiger partial charge in [-0.05, 0) is 44.7 Å². The van der Waals surface area contributed by atoms with Crippen LogP contribution in [0.3, 0.4) is 0 Å². The third kappa shape index (κ3) is 3.48. The van der Waals surface area contributed by atoms with E-state index in [-0.39, 0.29) is 0 Å². The number of hydrogen-bond acceptors (Lipinski definition) is 5. The molecular weight excluding hydrogens is 344 g/mol. The van der Waals surface area contributed by atoms with Crippen LogP contribution in [0, 0.1) is 6.92 Å². The molecule has 0 N–H and O–H groups in total. The average molecular weight is 371 g/mol. The van der Waals surface area contributed by atoms with E-state index in [0.717, 1.165) is 42.4 Å². The van der Waals surface area contributed by atoms with Crippen molar-refractivity contribution in [1.82, 2.24) is 19.8 Å². The molecule has 1 saturated heterocycles. The van der Waals surface area contributed by atoms with Crippen molar-refractivity contribution in [3.05, 3.63) is 46.7 Å². The van der Waals surface area contributed by atoms with E-state index in [9.17, 15) is 0 Å². The lowest BCUT2D eigenvalue weighted by Gasteiger charge is -2.28. The molecule has 0 aromatic carbocycles. The van der Waals surface area contributed by atoms with Crippen molar-refractivity contribution in [2.75, 3.05) is 6.54 Å². The van der Waals surface area contributed by atoms with Crippen molar-refractivity contribution in [3.63, 3.8) is 0 Å². The molecule has 5 nitrogen and oxygen atoms in total. The minimum Gasteiger partial charge on any atom is -0.355 e. The normalized spacial score (nSPS) is 18.9. The molecule has 0 aliphatic carbocycles. The number of nitrogens with zero attached hydrogens (tertiary/aromatic N) is 4. The zero-order valence-electron chi connectivity index (χ0n) is 15.5. The molecule has 0 spiro atoms. The van der Waals surface area contributed by atoms with E-state index in [4.69, 9.17) is 4.52 Å². The molecule has 26 heavy (non-hydrogen) atoms. The van der Waals surface area contributed by atoms with Crippen LogP contribution in [0.5, 0.6) is 0 Å². The summed E-state index contributed by atoms with van der Waals surface area (Å²) in [5.41, 5.74) is 3.66. The molecule has 1 atom stereocenters. The summed E-state index contributed by atoms with van der Waals surface area (Å²) in [6.07, 6.45) is 6.94. The number of aromatic nitrogens is 3. The first-order valence-corrected chi connectivity index (χ1v) is 10.4. The minimum absolute atomic E-state index is 0.319. The lowest BCUT2D eigenvalue weighted by Crippen LogP contribution is -2.28. The molecule has 0 bridgehead atoms.